The molecule has 12 heteroatoms. The van der Waals surface area contributed by atoms with Crippen LogP contribution in [0.25, 0.3) is 55.4 Å². The molecule has 0 unspecified atom stereocenters. The number of aromatic amines is 2. The molecule has 0 spiro atoms. The maximum absolute atomic E-state index is 14.6. The van der Waals surface area contributed by atoms with Gasteiger partial charge in [-0.05, 0) is 76.3 Å². The highest BCUT2D eigenvalue weighted by atomic mass is 32.2. The monoisotopic (exact) mass is 630 g/mol. The van der Waals surface area contributed by atoms with Gasteiger partial charge in [-0.25, -0.2) is 26.3 Å². The van der Waals surface area contributed by atoms with E-state index in [0.717, 1.165) is 56.0 Å². The summed E-state index contributed by atoms with van der Waals surface area (Å²) in [6, 6.07) is 20.1. The van der Waals surface area contributed by atoms with Gasteiger partial charge < -0.3 is 4.98 Å². The lowest BCUT2D eigenvalue weighted by molar-refractivity contribution is 0.0115. The van der Waals surface area contributed by atoms with E-state index in [2.05, 4.69) is 24.9 Å². The number of nitrogens with one attached hydrogen (secondary N) is 3. The van der Waals surface area contributed by atoms with Crippen LogP contribution < -0.4 is 4.72 Å². The quantitative estimate of drug-likeness (QED) is 0.179. The Morgan fingerprint density at radius 1 is 0.933 bits per heavy atom. The number of pyridine rings is 1. The summed E-state index contributed by atoms with van der Waals surface area (Å²) in [5.74, 6) is -3.11. The highest BCUT2D eigenvalue weighted by molar-refractivity contribution is 7.88. The second-order valence-electron chi connectivity index (χ2n) is 11.6. The summed E-state index contributed by atoms with van der Waals surface area (Å²) in [6.45, 7) is 0.503. The van der Waals surface area contributed by atoms with E-state index in [1.165, 1.54) is 12.1 Å². The molecule has 1 aliphatic heterocycles. The van der Waals surface area contributed by atoms with E-state index in [0.29, 0.717) is 29.9 Å². The van der Waals surface area contributed by atoms with E-state index >= 15 is 0 Å². The Balaban J connectivity index is 1.22. The van der Waals surface area contributed by atoms with Crippen LogP contribution in [0.15, 0.2) is 79.1 Å². The maximum Gasteiger partial charge on any atom is 0.261 e. The third kappa shape index (κ3) is 6.21. The van der Waals surface area contributed by atoms with Crippen molar-refractivity contribution < 1.29 is 21.6 Å². The molecule has 8 nitrogen and oxygen atoms in total. The fourth-order valence-electron chi connectivity index (χ4n) is 5.99. The molecule has 1 aliphatic rings. The highest BCUT2D eigenvalue weighted by Gasteiger charge is 2.37. The van der Waals surface area contributed by atoms with Gasteiger partial charge in [0.25, 0.3) is 5.92 Å². The number of fused-ring (bicyclic) bond motifs is 2. The molecule has 0 radical (unpaired) electrons. The average molecular weight is 631 g/mol. The molecule has 4 heterocycles. The van der Waals surface area contributed by atoms with Gasteiger partial charge in [0, 0.05) is 60.3 Å². The number of likely N-dealkylation sites (tertiary alicyclic amines) is 1. The summed E-state index contributed by atoms with van der Waals surface area (Å²) < 4.78 is 67.6. The number of nitrogens with zero attached hydrogens (tertiary/aromatic N) is 3. The molecule has 3 aromatic heterocycles. The first-order chi connectivity index (χ1) is 21.5. The number of H-pyrrole nitrogens is 2. The third-order valence-corrected chi connectivity index (χ3v) is 8.74. The van der Waals surface area contributed by atoms with Crippen LogP contribution in [0.4, 0.5) is 13.2 Å². The van der Waals surface area contributed by atoms with E-state index in [1.807, 2.05) is 48.5 Å². The lowest BCUT2D eigenvalue weighted by Crippen LogP contribution is -2.24. The van der Waals surface area contributed by atoms with Crippen molar-refractivity contribution >= 4 is 31.8 Å². The molecule has 3 aromatic carbocycles. The van der Waals surface area contributed by atoms with Gasteiger partial charge in [0.05, 0.1) is 24.0 Å². The molecular formula is C33H29F3N6O2S. The summed E-state index contributed by atoms with van der Waals surface area (Å²) in [4.78, 5) is 9.58. The standard InChI is InChI=1S/C33H29F3N6O2S/c1-45(43,44)38-16-20-9-23(12-25(34)11-20)26-3-2-4-29-27(26)14-31(39-29)32-28-13-22(5-6-30(28)40-41-32)24-10-21(15-37-17-24)18-42-8-7-33(35,36)19-42/h2-6,9-15,17,38-39H,7-8,16,18-19H2,1H3,(H,40,41). The normalized spacial score (nSPS) is 15.4. The van der Waals surface area contributed by atoms with E-state index in [1.54, 1.807) is 23.4 Å². The van der Waals surface area contributed by atoms with E-state index in [-0.39, 0.29) is 19.5 Å². The molecule has 0 saturated carbocycles. The van der Waals surface area contributed by atoms with Crippen LogP contribution in [-0.2, 0) is 23.1 Å². The van der Waals surface area contributed by atoms with Crippen molar-refractivity contribution in [2.24, 2.45) is 0 Å². The van der Waals surface area contributed by atoms with Crippen molar-refractivity contribution in [1.82, 2.24) is 29.8 Å². The van der Waals surface area contributed by atoms with Gasteiger partial charge in [-0.3, -0.25) is 15.0 Å². The minimum absolute atomic E-state index is 0.0217. The molecule has 6 aromatic rings. The molecule has 0 amide bonds. The smallest absolute Gasteiger partial charge is 0.261 e. The van der Waals surface area contributed by atoms with Gasteiger partial charge in [0.2, 0.25) is 10.0 Å². The minimum Gasteiger partial charge on any atom is -0.353 e. The molecule has 0 atom stereocenters. The van der Waals surface area contributed by atoms with Gasteiger partial charge >= 0.3 is 0 Å². The predicted molar refractivity (Wildman–Crippen MR) is 169 cm³/mol. The second-order valence-corrected chi connectivity index (χ2v) is 13.5. The number of alkyl halides is 2. The highest BCUT2D eigenvalue weighted by Crippen LogP contribution is 2.36. The van der Waals surface area contributed by atoms with Crippen molar-refractivity contribution in [3.63, 3.8) is 0 Å². The van der Waals surface area contributed by atoms with Gasteiger partial charge in [0.1, 0.15) is 11.5 Å². The molecule has 0 aliphatic carbocycles. The first kappa shape index (κ1) is 29.2. The first-order valence-electron chi connectivity index (χ1n) is 14.4. The second kappa shape index (κ2) is 11.1. The number of rotatable bonds is 8. The molecule has 230 valence electrons. The van der Waals surface area contributed by atoms with Gasteiger partial charge in [-0.1, -0.05) is 18.2 Å². The van der Waals surface area contributed by atoms with Gasteiger partial charge in [-0.15, -0.1) is 0 Å². The Hall–Kier alpha value is -4.52. The topological polar surface area (TPSA) is 107 Å². The van der Waals surface area contributed by atoms with Crippen molar-refractivity contribution in [2.75, 3.05) is 19.3 Å². The summed E-state index contributed by atoms with van der Waals surface area (Å²) in [5.41, 5.74) is 7.71. The molecule has 0 bridgehead atoms. The van der Waals surface area contributed by atoms with Crippen LogP contribution in [0.1, 0.15) is 17.5 Å². The van der Waals surface area contributed by atoms with Crippen LogP contribution in [0.3, 0.4) is 0 Å². The largest absolute Gasteiger partial charge is 0.353 e. The Morgan fingerprint density at radius 3 is 2.58 bits per heavy atom. The molecular weight excluding hydrogens is 601 g/mol. The van der Waals surface area contributed by atoms with Crippen LogP contribution in [0.2, 0.25) is 0 Å². The summed E-state index contributed by atoms with van der Waals surface area (Å²) in [7, 11) is -3.44. The fraction of sp³-hybridized carbons (Fsp3) is 0.212. The lowest BCUT2D eigenvalue weighted by atomic mass is 9.99. The number of benzene rings is 3. The van der Waals surface area contributed by atoms with E-state index in [4.69, 9.17) is 0 Å². The summed E-state index contributed by atoms with van der Waals surface area (Å²) >= 11 is 0. The van der Waals surface area contributed by atoms with Gasteiger partial charge in [-0.2, -0.15) is 5.10 Å². The number of sulfonamides is 1. The van der Waals surface area contributed by atoms with Crippen molar-refractivity contribution in [3.05, 3.63) is 96.1 Å². The van der Waals surface area contributed by atoms with Crippen molar-refractivity contribution in [1.29, 1.82) is 0 Å². The maximum atomic E-state index is 14.6. The summed E-state index contributed by atoms with van der Waals surface area (Å²) in [6.07, 6.45) is 4.41. The Morgan fingerprint density at radius 2 is 1.78 bits per heavy atom. The zero-order valence-corrected chi connectivity index (χ0v) is 25.1. The Kier molecular flexibility index (Phi) is 7.22. The number of aromatic nitrogens is 4. The van der Waals surface area contributed by atoms with E-state index < -0.39 is 21.8 Å². The third-order valence-electron chi connectivity index (χ3n) is 8.07. The van der Waals surface area contributed by atoms with Gasteiger partial charge in [0.15, 0.2) is 0 Å². The SMILES string of the molecule is CS(=O)(=O)NCc1cc(F)cc(-c2cccc3[nH]c(-c4n[nH]c5ccc(-c6cncc(CN7CCC(F)(F)C7)c6)cc45)cc23)c1. The Labute approximate surface area is 257 Å². The number of hydrogen-bond acceptors (Lipinski definition) is 5. The average Bonchev–Trinajstić information content (AvgIpc) is 3.71. The zero-order valence-electron chi connectivity index (χ0n) is 24.2. The molecule has 1 fully saturated rings. The van der Waals surface area contributed by atoms with Crippen molar-refractivity contribution in [2.45, 2.75) is 25.4 Å². The van der Waals surface area contributed by atoms with Crippen LogP contribution >= 0.6 is 0 Å². The van der Waals surface area contributed by atoms with Crippen LogP contribution in [0, 0.1) is 5.82 Å². The predicted octanol–water partition coefficient (Wildman–Crippen LogP) is 6.47. The van der Waals surface area contributed by atoms with Crippen molar-refractivity contribution in [3.8, 4) is 33.6 Å². The molecule has 7 rings (SSSR count). The molecule has 1 saturated heterocycles. The van der Waals surface area contributed by atoms with E-state index in [9.17, 15) is 21.6 Å². The summed E-state index contributed by atoms with van der Waals surface area (Å²) in [5, 5.41) is 9.43. The number of halogens is 3. The van der Waals surface area contributed by atoms with Crippen LogP contribution in [-0.4, -0.2) is 58.8 Å². The molecule has 3 N–H and O–H groups in total. The molecule has 45 heavy (non-hydrogen) atoms. The zero-order chi connectivity index (χ0) is 31.3. The fourth-order valence-corrected chi connectivity index (χ4v) is 6.42. The lowest BCUT2D eigenvalue weighted by Gasteiger charge is -2.15. The number of hydrogen-bond donors (Lipinski definition) is 3. The minimum atomic E-state index is -3.44. The Bertz CT molecular complexity index is 2180. The first-order valence-corrected chi connectivity index (χ1v) is 16.3. The van der Waals surface area contributed by atoms with Crippen LogP contribution in [0.5, 0.6) is 0 Å².